The number of rotatable bonds is 3. The van der Waals surface area contributed by atoms with Crippen molar-refractivity contribution in [3.05, 3.63) is 107 Å². The van der Waals surface area contributed by atoms with Crippen molar-refractivity contribution in [2.24, 2.45) is 4.99 Å². The van der Waals surface area contributed by atoms with Crippen LogP contribution in [0.3, 0.4) is 0 Å². The number of hydrogen-bond acceptors (Lipinski definition) is 2. The van der Waals surface area contributed by atoms with Gasteiger partial charge in [0.2, 0.25) is 0 Å². The number of anilines is 1. The van der Waals surface area contributed by atoms with E-state index < -0.39 is 0 Å². The van der Waals surface area contributed by atoms with Gasteiger partial charge in [-0.15, -0.1) is 0 Å². The van der Waals surface area contributed by atoms with E-state index in [9.17, 15) is 4.79 Å². The molecule has 1 amide bonds. The molecule has 0 aromatic heterocycles. The van der Waals surface area contributed by atoms with Crippen LogP contribution in [0.15, 0.2) is 89.6 Å². The first kappa shape index (κ1) is 17.0. The molecule has 0 unspecified atom stereocenters. The number of carbonyl (C=O) groups is 1. The first-order valence-electron chi connectivity index (χ1n) is 8.96. The van der Waals surface area contributed by atoms with E-state index in [0.29, 0.717) is 11.5 Å². The summed E-state index contributed by atoms with van der Waals surface area (Å²) in [4.78, 5) is 19.7. The van der Waals surface area contributed by atoms with Crippen molar-refractivity contribution >= 4 is 23.5 Å². The van der Waals surface area contributed by atoms with Crippen molar-refractivity contribution in [1.29, 1.82) is 0 Å². The number of benzene rings is 3. The summed E-state index contributed by atoms with van der Waals surface area (Å²) in [5, 5.41) is 0. The monoisotopic (exact) mass is 352 g/mol. The Morgan fingerprint density at radius 3 is 2.19 bits per heavy atom. The fourth-order valence-electron chi connectivity index (χ4n) is 3.16. The Morgan fingerprint density at radius 2 is 1.48 bits per heavy atom. The van der Waals surface area contributed by atoms with Crippen molar-refractivity contribution in [3.63, 3.8) is 0 Å². The first-order chi connectivity index (χ1) is 13.1. The van der Waals surface area contributed by atoms with Crippen LogP contribution in [0, 0.1) is 13.8 Å². The van der Waals surface area contributed by atoms with Gasteiger partial charge in [0, 0.05) is 5.56 Å². The molecule has 0 spiro atoms. The van der Waals surface area contributed by atoms with Gasteiger partial charge in [-0.05, 0) is 37.1 Å². The summed E-state index contributed by atoms with van der Waals surface area (Å²) in [6.45, 7) is 4.06. The summed E-state index contributed by atoms with van der Waals surface area (Å²) in [5.74, 6) is 0.556. The van der Waals surface area contributed by atoms with Crippen LogP contribution in [-0.4, -0.2) is 11.7 Å². The summed E-state index contributed by atoms with van der Waals surface area (Å²) in [7, 11) is 0. The third-order valence-corrected chi connectivity index (χ3v) is 4.63. The summed E-state index contributed by atoms with van der Waals surface area (Å²) < 4.78 is 0. The Balaban J connectivity index is 1.85. The van der Waals surface area contributed by atoms with Crippen LogP contribution in [0.5, 0.6) is 0 Å². The minimum absolute atomic E-state index is 0.108. The molecule has 3 heteroatoms. The number of amidine groups is 1. The van der Waals surface area contributed by atoms with Crippen LogP contribution >= 0.6 is 0 Å². The van der Waals surface area contributed by atoms with Crippen LogP contribution in [0.4, 0.5) is 5.69 Å². The Labute approximate surface area is 159 Å². The Bertz CT molecular complexity index is 1050. The van der Waals surface area contributed by atoms with Crippen LogP contribution in [0.2, 0.25) is 0 Å². The summed E-state index contributed by atoms with van der Waals surface area (Å²) in [5.41, 5.74) is 5.39. The van der Waals surface area contributed by atoms with E-state index in [1.807, 2.05) is 98.8 Å². The highest BCUT2D eigenvalue weighted by atomic mass is 16.2. The van der Waals surface area contributed by atoms with E-state index in [1.165, 1.54) is 5.56 Å². The van der Waals surface area contributed by atoms with Crippen LogP contribution in [-0.2, 0) is 4.79 Å². The van der Waals surface area contributed by atoms with Crippen molar-refractivity contribution in [1.82, 2.24) is 0 Å². The van der Waals surface area contributed by atoms with Crippen LogP contribution in [0.1, 0.15) is 22.3 Å². The molecule has 0 saturated carbocycles. The van der Waals surface area contributed by atoms with Crippen molar-refractivity contribution in [3.8, 4) is 0 Å². The standard InChI is InChI=1S/C24H20N2O/c1-17-12-14-20(15-13-17)23-25-21(16-19-9-4-3-5-10-19)24(27)26(23)22-11-7-6-8-18(22)2/h3-16H,1-2H3/b21-16-. The van der Waals surface area contributed by atoms with Crippen LogP contribution < -0.4 is 4.90 Å². The second kappa shape index (κ2) is 7.04. The molecule has 3 aromatic rings. The lowest BCUT2D eigenvalue weighted by atomic mass is 10.1. The molecular formula is C24H20N2O. The maximum absolute atomic E-state index is 13.3. The Morgan fingerprint density at radius 1 is 0.815 bits per heavy atom. The third-order valence-electron chi connectivity index (χ3n) is 4.63. The molecule has 0 radical (unpaired) electrons. The molecule has 0 bridgehead atoms. The maximum Gasteiger partial charge on any atom is 0.282 e. The number of nitrogens with zero attached hydrogens (tertiary/aromatic N) is 2. The van der Waals surface area contributed by atoms with Gasteiger partial charge in [0.05, 0.1) is 5.69 Å². The van der Waals surface area contributed by atoms with Gasteiger partial charge in [-0.3, -0.25) is 9.69 Å². The molecule has 0 fully saturated rings. The largest absolute Gasteiger partial charge is 0.282 e. The Kier molecular flexibility index (Phi) is 4.43. The van der Waals surface area contributed by atoms with E-state index in [-0.39, 0.29) is 5.91 Å². The average molecular weight is 352 g/mol. The van der Waals surface area contributed by atoms with Gasteiger partial charge in [-0.25, -0.2) is 4.99 Å². The number of aryl methyl sites for hydroxylation is 2. The van der Waals surface area contributed by atoms with E-state index in [0.717, 1.165) is 22.4 Å². The summed E-state index contributed by atoms with van der Waals surface area (Å²) >= 11 is 0. The molecule has 0 N–H and O–H groups in total. The van der Waals surface area contributed by atoms with Gasteiger partial charge < -0.3 is 0 Å². The SMILES string of the molecule is Cc1ccc(C2=N/C(=C\c3ccccc3)C(=O)N2c2ccccc2C)cc1. The first-order valence-corrected chi connectivity index (χ1v) is 8.96. The number of carbonyl (C=O) groups excluding carboxylic acids is 1. The zero-order chi connectivity index (χ0) is 18.8. The number of amides is 1. The zero-order valence-electron chi connectivity index (χ0n) is 15.4. The van der Waals surface area contributed by atoms with E-state index >= 15 is 0 Å². The lowest BCUT2D eigenvalue weighted by molar-refractivity contribution is -0.113. The second-order valence-corrected chi connectivity index (χ2v) is 6.67. The van der Waals surface area contributed by atoms with Crippen molar-refractivity contribution < 1.29 is 4.79 Å². The number of para-hydroxylation sites is 1. The third kappa shape index (κ3) is 3.32. The molecule has 132 valence electrons. The van der Waals surface area contributed by atoms with Crippen molar-refractivity contribution in [2.45, 2.75) is 13.8 Å². The van der Waals surface area contributed by atoms with Crippen LogP contribution in [0.25, 0.3) is 6.08 Å². The molecule has 1 heterocycles. The smallest absolute Gasteiger partial charge is 0.266 e. The summed E-state index contributed by atoms with van der Waals surface area (Å²) in [6.07, 6.45) is 1.84. The molecule has 1 aliphatic heterocycles. The van der Waals surface area contributed by atoms with E-state index in [4.69, 9.17) is 4.99 Å². The minimum atomic E-state index is -0.108. The zero-order valence-corrected chi connectivity index (χ0v) is 15.4. The topological polar surface area (TPSA) is 32.7 Å². The lowest BCUT2D eigenvalue weighted by Crippen LogP contribution is -2.33. The average Bonchev–Trinajstić information content (AvgIpc) is 3.00. The van der Waals surface area contributed by atoms with Gasteiger partial charge in [0.1, 0.15) is 11.5 Å². The lowest BCUT2D eigenvalue weighted by Gasteiger charge is -2.20. The highest BCUT2D eigenvalue weighted by Gasteiger charge is 2.33. The van der Waals surface area contributed by atoms with E-state index in [1.54, 1.807) is 4.90 Å². The molecule has 4 rings (SSSR count). The Hall–Kier alpha value is -3.46. The molecule has 1 aliphatic rings. The molecule has 0 saturated heterocycles. The predicted molar refractivity (Wildman–Crippen MR) is 111 cm³/mol. The van der Waals surface area contributed by atoms with Crippen molar-refractivity contribution in [2.75, 3.05) is 4.90 Å². The van der Waals surface area contributed by atoms with E-state index in [2.05, 4.69) is 0 Å². The summed E-state index contributed by atoms with van der Waals surface area (Å²) in [6, 6.07) is 25.8. The highest BCUT2D eigenvalue weighted by molar-refractivity contribution is 6.33. The molecule has 0 aliphatic carbocycles. The van der Waals surface area contributed by atoms with Gasteiger partial charge in [0.15, 0.2) is 0 Å². The quantitative estimate of drug-likeness (QED) is 0.601. The molecule has 0 atom stereocenters. The number of hydrogen-bond donors (Lipinski definition) is 0. The van der Waals surface area contributed by atoms with Gasteiger partial charge in [0.25, 0.3) is 5.91 Å². The molecular weight excluding hydrogens is 332 g/mol. The molecule has 27 heavy (non-hydrogen) atoms. The second-order valence-electron chi connectivity index (χ2n) is 6.67. The van der Waals surface area contributed by atoms with Gasteiger partial charge >= 0.3 is 0 Å². The normalized spacial score (nSPS) is 15.3. The number of aliphatic imine (C=N–C) groups is 1. The highest BCUT2D eigenvalue weighted by Crippen LogP contribution is 2.30. The minimum Gasteiger partial charge on any atom is -0.266 e. The molecule has 3 aromatic carbocycles. The molecule has 3 nitrogen and oxygen atoms in total. The van der Waals surface area contributed by atoms with Gasteiger partial charge in [-0.2, -0.15) is 0 Å². The fourth-order valence-corrected chi connectivity index (χ4v) is 3.16. The predicted octanol–water partition coefficient (Wildman–Crippen LogP) is 5.14. The van der Waals surface area contributed by atoms with Gasteiger partial charge in [-0.1, -0.05) is 78.4 Å². The maximum atomic E-state index is 13.3. The fraction of sp³-hybridized carbons (Fsp3) is 0.0833.